The van der Waals surface area contributed by atoms with Gasteiger partial charge in [-0.1, -0.05) is 12.1 Å². The van der Waals surface area contributed by atoms with E-state index in [0.29, 0.717) is 0 Å². The molecule has 1 aromatic heterocycles. The Morgan fingerprint density at radius 3 is 2.52 bits per heavy atom. The van der Waals surface area contributed by atoms with Crippen LogP contribution in [0.5, 0.6) is 11.5 Å². The first kappa shape index (κ1) is 19.5. The molecule has 2 heterocycles. The number of thiazole rings is 1. The Hall–Kier alpha value is -2.77. The van der Waals surface area contributed by atoms with E-state index in [1.54, 1.807) is 30.5 Å². The van der Waals surface area contributed by atoms with E-state index < -0.39 is 0 Å². The van der Waals surface area contributed by atoms with Crippen LogP contribution in [0.3, 0.4) is 0 Å². The lowest BCUT2D eigenvalue weighted by molar-refractivity contribution is -0.914. The molecule has 2 aromatic carbocycles. The van der Waals surface area contributed by atoms with Crippen LogP contribution in [0.15, 0.2) is 53.9 Å². The fraction of sp³-hybridized carbons (Fsp3) is 0.318. The molecule has 29 heavy (non-hydrogen) atoms. The van der Waals surface area contributed by atoms with Crippen LogP contribution in [0.1, 0.15) is 5.69 Å². The van der Waals surface area contributed by atoms with Crippen LogP contribution in [0, 0.1) is 0 Å². The number of aromatic nitrogens is 1. The third-order valence-corrected chi connectivity index (χ3v) is 6.03. The van der Waals surface area contributed by atoms with Crippen molar-refractivity contribution >= 4 is 27.8 Å². The lowest BCUT2D eigenvalue weighted by Gasteiger charge is -2.34. The van der Waals surface area contributed by atoms with E-state index in [1.807, 2.05) is 36.4 Å². The van der Waals surface area contributed by atoms with Crippen molar-refractivity contribution < 1.29 is 14.4 Å². The molecule has 6 nitrogen and oxygen atoms in total. The average molecular weight is 412 g/mol. The van der Waals surface area contributed by atoms with Crippen LogP contribution in [0.25, 0.3) is 0 Å². The van der Waals surface area contributed by atoms with Crippen LogP contribution in [0.2, 0.25) is 0 Å². The van der Waals surface area contributed by atoms with E-state index in [1.165, 1.54) is 5.69 Å². The summed E-state index contributed by atoms with van der Waals surface area (Å²) in [6.45, 7) is 5.20. The molecule has 0 saturated carbocycles. The largest absolute Gasteiger partial charge is 0.497 e. The van der Waals surface area contributed by atoms with Crippen LogP contribution in [0.4, 0.5) is 16.5 Å². The maximum atomic E-state index is 5.51. The van der Waals surface area contributed by atoms with Gasteiger partial charge in [0, 0.05) is 11.1 Å². The predicted molar refractivity (Wildman–Crippen MR) is 118 cm³/mol. The molecule has 1 aliphatic rings. The first-order valence-electron chi connectivity index (χ1n) is 9.82. The lowest BCUT2D eigenvalue weighted by atomic mass is 10.2. The molecule has 0 amide bonds. The Labute approximate surface area is 175 Å². The van der Waals surface area contributed by atoms with E-state index in [-0.39, 0.29) is 0 Å². The number of piperazine rings is 1. The fourth-order valence-electron chi connectivity index (χ4n) is 3.63. The van der Waals surface area contributed by atoms with E-state index in [0.717, 1.165) is 60.7 Å². The van der Waals surface area contributed by atoms with Gasteiger partial charge in [0.2, 0.25) is 0 Å². The number of hydrogen-bond donors (Lipinski definition) is 2. The first-order chi connectivity index (χ1) is 14.2. The number of methoxy groups -OCH3 is 2. The zero-order valence-electron chi connectivity index (χ0n) is 16.9. The van der Waals surface area contributed by atoms with Gasteiger partial charge in [-0.15, -0.1) is 11.3 Å². The van der Waals surface area contributed by atoms with Crippen molar-refractivity contribution in [2.24, 2.45) is 0 Å². The van der Waals surface area contributed by atoms with Gasteiger partial charge < -0.3 is 24.6 Å². The molecule has 0 spiro atoms. The Morgan fingerprint density at radius 2 is 1.79 bits per heavy atom. The van der Waals surface area contributed by atoms with Crippen molar-refractivity contribution in [1.82, 2.24) is 4.98 Å². The van der Waals surface area contributed by atoms with Gasteiger partial charge in [-0.25, -0.2) is 4.98 Å². The molecule has 0 atom stereocenters. The zero-order chi connectivity index (χ0) is 20.1. The number of quaternary nitrogens is 1. The molecule has 1 saturated heterocycles. The number of para-hydroxylation sites is 2. The monoisotopic (exact) mass is 411 g/mol. The number of ether oxygens (including phenoxy) is 2. The number of anilines is 3. The normalized spacial score (nSPS) is 14.6. The summed E-state index contributed by atoms with van der Waals surface area (Å²) in [4.78, 5) is 8.75. The summed E-state index contributed by atoms with van der Waals surface area (Å²) in [6.07, 6.45) is 0. The van der Waals surface area contributed by atoms with Gasteiger partial charge in [-0.3, -0.25) is 0 Å². The molecule has 1 aliphatic heterocycles. The molecule has 0 radical (unpaired) electrons. The highest BCUT2D eigenvalue weighted by Crippen LogP contribution is 2.27. The van der Waals surface area contributed by atoms with E-state index in [9.17, 15) is 0 Å². The summed E-state index contributed by atoms with van der Waals surface area (Å²) < 4.78 is 10.7. The van der Waals surface area contributed by atoms with Crippen LogP contribution in [-0.2, 0) is 6.54 Å². The molecule has 4 rings (SSSR count). The molecule has 1 fully saturated rings. The summed E-state index contributed by atoms with van der Waals surface area (Å²) in [5.74, 6) is 1.80. The third kappa shape index (κ3) is 4.81. The molecule has 2 N–H and O–H groups in total. The predicted octanol–water partition coefficient (Wildman–Crippen LogP) is 2.81. The Bertz CT molecular complexity index is 921. The maximum Gasteiger partial charge on any atom is 0.187 e. The molecular weight excluding hydrogens is 384 g/mol. The summed E-state index contributed by atoms with van der Waals surface area (Å²) in [6, 6.07) is 16.2. The highest BCUT2D eigenvalue weighted by molar-refractivity contribution is 7.13. The molecule has 0 unspecified atom stereocenters. The van der Waals surface area contributed by atoms with Crippen LogP contribution in [-0.4, -0.2) is 45.4 Å². The minimum atomic E-state index is 0.853. The highest BCUT2D eigenvalue weighted by atomic mass is 32.1. The Kier molecular flexibility index (Phi) is 6.17. The van der Waals surface area contributed by atoms with Gasteiger partial charge in [0.25, 0.3) is 0 Å². The number of hydrogen-bond acceptors (Lipinski definition) is 6. The second kappa shape index (κ2) is 9.15. The minimum Gasteiger partial charge on any atom is -0.497 e. The van der Waals surface area contributed by atoms with E-state index in [2.05, 4.69) is 27.7 Å². The molecule has 0 bridgehead atoms. The number of nitrogens with one attached hydrogen (secondary N) is 2. The smallest absolute Gasteiger partial charge is 0.187 e. The molecular formula is C22H27N4O2S+. The van der Waals surface area contributed by atoms with Crippen LogP contribution < -0.4 is 24.6 Å². The average Bonchev–Trinajstić information content (AvgIpc) is 3.21. The summed E-state index contributed by atoms with van der Waals surface area (Å²) in [5.41, 5.74) is 3.35. The topological polar surface area (TPSA) is 51.1 Å². The summed E-state index contributed by atoms with van der Waals surface area (Å²) >= 11 is 1.65. The lowest BCUT2D eigenvalue weighted by Crippen LogP contribution is -3.13. The van der Waals surface area contributed by atoms with Crippen molar-refractivity contribution in [2.45, 2.75) is 6.54 Å². The van der Waals surface area contributed by atoms with E-state index >= 15 is 0 Å². The van der Waals surface area contributed by atoms with Gasteiger partial charge >= 0.3 is 0 Å². The third-order valence-electron chi connectivity index (χ3n) is 5.22. The Balaban J connectivity index is 1.30. The standard InChI is InChI=1S/C22H26N4O2S/c1-27-19-9-7-17(8-10-19)23-22-24-18(16-29-22)15-25-11-13-26(14-12-25)20-5-3-4-6-21(20)28-2/h3-10,16H,11-15H2,1-2H3,(H,23,24)/p+1. The number of nitrogens with zero attached hydrogens (tertiary/aromatic N) is 2. The van der Waals surface area contributed by atoms with Crippen LogP contribution >= 0.6 is 11.3 Å². The van der Waals surface area contributed by atoms with Gasteiger partial charge in [0.1, 0.15) is 23.7 Å². The Morgan fingerprint density at radius 1 is 1.03 bits per heavy atom. The maximum absolute atomic E-state index is 5.51. The van der Waals surface area contributed by atoms with Crippen molar-refractivity contribution in [3.05, 3.63) is 59.6 Å². The van der Waals surface area contributed by atoms with Crippen molar-refractivity contribution in [2.75, 3.05) is 50.6 Å². The molecule has 152 valence electrons. The van der Waals surface area contributed by atoms with Crippen molar-refractivity contribution in [3.8, 4) is 11.5 Å². The number of rotatable bonds is 7. The van der Waals surface area contributed by atoms with Gasteiger partial charge in [0.05, 0.1) is 46.1 Å². The van der Waals surface area contributed by atoms with E-state index in [4.69, 9.17) is 14.5 Å². The van der Waals surface area contributed by atoms with Gasteiger partial charge in [0.15, 0.2) is 5.13 Å². The SMILES string of the molecule is COc1ccc(Nc2nc(C[NH+]3CCN(c4ccccc4OC)CC3)cs2)cc1. The fourth-order valence-corrected chi connectivity index (χ4v) is 4.36. The second-order valence-electron chi connectivity index (χ2n) is 7.08. The quantitative estimate of drug-likeness (QED) is 0.626. The summed E-state index contributed by atoms with van der Waals surface area (Å²) in [7, 11) is 3.41. The van der Waals surface area contributed by atoms with Gasteiger partial charge in [-0.2, -0.15) is 0 Å². The van der Waals surface area contributed by atoms with Crippen molar-refractivity contribution in [1.29, 1.82) is 0 Å². The van der Waals surface area contributed by atoms with Crippen molar-refractivity contribution in [3.63, 3.8) is 0 Å². The first-order valence-corrected chi connectivity index (χ1v) is 10.7. The highest BCUT2D eigenvalue weighted by Gasteiger charge is 2.23. The second-order valence-corrected chi connectivity index (χ2v) is 7.94. The molecule has 3 aromatic rings. The molecule has 7 heteroatoms. The van der Waals surface area contributed by atoms with Gasteiger partial charge in [-0.05, 0) is 36.4 Å². The molecule has 0 aliphatic carbocycles. The zero-order valence-corrected chi connectivity index (χ0v) is 17.7. The summed E-state index contributed by atoms with van der Waals surface area (Å²) in [5, 5.41) is 6.46. The number of benzene rings is 2. The minimum absolute atomic E-state index is 0.853.